The second-order valence-corrected chi connectivity index (χ2v) is 6.73. The lowest BCUT2D eigenvalue weighted by atomic mass is 10.1. The highest BCUT2D eigenvalue weighted by Crippen LogP contribution is 2.29. The Kier molecular flexibility index (Phi) is 4.16. The Labute approximate surface area is 166 Å². The second kappa shape index (κ2) is 6.97. The third-order valence-corrected chi connectivity index (χ3v) is 4.95. The van der Waals surface area contributed by atoms with Crippen molar-refractivity contribution in [1.29, 1.82) is 0 Å². The van der Waals surface area contributed by atoms with Gasteiger partial charge in [0.05, 0.1) is 17.6 Å². The summed E-state index contributed by atoms with van der Waals surface area (Å²) in [6.45, 7) is 2.50. The third-order valence-electron chi connectivity index (χ3n) is 4.95. The minimum Gasteiger partial charge on any atom is -0.419 e. The first-order valence-corrected chi connectivity index (χ1v) is 9.47. The highest BCUT2D eigenvalue weighted by Gasteiger charge is 2.16. The molecule has 8 heteroatoms. The maximum Gasteiger partial charge on any atom is 0.268 e. The molecule has 5 rings (SSSR count). The maximum atomic E-state index is 5.69. The Balaban J connectivity index is 1.50. The molecule has 144 valence electrons. The topological polar surface area (TPSA) is 94.5 Å². The molecule has 1 N–H and O–H groups in total. The molecule has 5 aromatic rings. The van der Waals surface area contributed by atoms with Gasteiger partial charge in [0, 0.05) is 24.2 Å². The fraction of sp³-hybridized carbons (Fsp3) is 0.190. The zero-order valence-corrected chi connectivity index (χ0v) is 16.1. The maximum absolute atomic E-state index is 5.69. The van der Waals surface area contributed by atoms with Crippen molar-refractivity contribution in [3.05, 3.63) is 60.2 Å². The van der Waals surface area contributed by atoms with Crippen LogP contribution < -0.4 is 5.32 Å². The number of hydrogen-bond donors (Lipinski definition) is 1. The molecular formula is C21H19N7O. The van der Waals surface area contributed by atoms with Crippen LogP contribution in [0.2, 0.25) is 0 Å². The van der Waals surface area contributed by atoms with Crippen LogP contribution in [-0.4, -0.2) is 29.9 Å². The van der Waals surface area contributed by atoms with Crippen LogP contribution in [0.25, 0.3) is 33.4 Å². The monoisotopic (exact) mass is 385 g/mol. The summed E-state index contributed by atoms with van der Waals surface area (Å²) < 4.78 is 7.77. The summed E-state index contributed by atoms with van der Waals surface area (Å²) in [6, 6.07) is 16.0. The average molecular weight is 385 g/mol. The van der Waals surface area contributed by atoms with E-state index in [1.54, 1.807) is 0 Å². The number of nitrogens with zero attached hydrogens (tertiary/aromatic N) is 6. The van der Waals surface area contributed by atoms with Gasteiger partial charge in [-0.2, -0.15) is 0 Å². The third kappa shape index (κ3) is 2.98. The fourth-order valence-corrected chi connectivity index (χ4v) is 3.40. The summed E-state index contributed by atoms with van der Waals surface area (Å²) in [4.78, 5) is 4.70. The molecule has 29 heavy (non-hydrogen) atoms. The van der Waals surface area contributed by atoms with E-state index < -0.39 is 0 Å². The van der Waals surface area contributed by atoms with E-state index in [-0.39, 0.29) is 0 Å². The van der Waals surface area contributed by atoms with Gasteiger partial charge in [-0.15, -0.1) is 20.4 Å². The predicted molar refractivity (Wildman–Crippen MR) is 110 cm³/mol. The SMILES string of the molecule is CCc1nnc(-c2nnc(NCc3nc4ccccc4n3C)c3ccccc23)o1. The van der Waals surface area contributed by atoms with Gasteiger partial charge in [0.15, 0.2) is 11.5 Å². The Morgan fingerprint density at radius 2 is 1.72 bits per heavy atom. The van der Waals surface area contributed by atoms with Gasteiger partial charge in [-0.1, -0.05) is 43.3 Å². The summed E-state index contributed by atoms with van der Waals surface area (Å²) in [5.74, 6) is 2.57. The van der Waals surface area contributed by atoms with E-state index in [9.17, 15) is 0 Å². The molecule has 0 fully saturated rings. The molecule has 0 radical (unpaired) electrons. The summed E-state index contributed by atoms with van der Waals surface area (Å²) in [6.07, 6.45) is 0.677. The molecule has 0 bridgehead atoms. The lowest BCUT2D eigenvalue weighted by molar-refractivity contribution is 0.511. The minimum atomic E-state index is 0.382. The van der Waals surface area contributed by atoms with Crippen molar-refractivity contribution in [2.45, 2.75) is 19.9 Å². The van der Waals surface area contributed by atoms with Gasteiger partial charge in [-0.3, -0.25) is 0 Å². The van der Waals surface area contributed by atoms with Gasteiger partial charge in [-0.25, -0.2) is 4.98 Å². The summed E-state index contributed by atoms with van der Waals surface area (Å²) in [5, 5.41) is 22.1. The quantitative estimate of drug-likeness (QED) is 0.492. The van der Waals surface area contributed by atoms with Crippen molar-refractivity contribution in [3.63, 3.8) is 0 Å². The summed E-state index contributed by atoms with van der Waals surface area (Å²) >= 11 is 0. The number of nitrogens with one attached hydrogen (secondary N) is 1. The molecule has 0 aliphatic heterocycles. The first-order chi connectivity index (χ1) is 14.2. The van der Waals surface area contributed by atoms with Gasteiger partial charge in [0.2, 0.25) is 5.89 Å². The number of fused-ring (bicyclic) bond motifs is 2. The Morgan fingerprint density at radius 1 is 0.931 bits per heavy atom. The second-order valence-electron chi connectivity index (χ2n) is 6.73. The largest absolute Gasteiger partial charge is 0.419 e. The molecule has 2 aromatic carbocycles. The van der Waals surface area contributed by atoms with Crippen LogP contribution in [0.1, 0.15) is 18.6 Å². The number of rotatable bonds is 5. The summed E-state index contributed by atoms with van der Waals surface area (Å²) in [7, 11) is 2.01. The Bertz CT molecular complexity index is 1320. The van der Waals surface area contributed by atoms with Gasteiger partial charge in [0.1, 0.15) is 5.82 Å². The van der Waals surface area contributed by atoms with E-state index in [4.69, 9.17) is 9.40 Å². The van der Waals surface area contributed by atoms with Crippen LogP contribution in [0.4, 0.5) is 5.82 Å². The predicted octanol–water partition coefficient (Wildman–Crippen LogP) is 3.74. The van der Waals surface area contributed by atoms with E-state index in [1.807, 2.05) is 56.4 Å². The van der Waals surface area contributed by atoms with Crippen molar-refractivity contribution in [3.8, 4) is 11.6 Å². The molecule has 0 aliphatic rings. The van der Waals surface area contributed by atoms with E-state index in [1.165, 1.54) is 0 Å². The molecule has 3 aromatic heterocycles. The molecule has 8 nitrogen and oxygen atoms in total. The van der Waals surface area contributed by atoms with E-state index in [0.29, 0.717) is 36.3 Å². The van der Waals surface area contributed by atoms with Crippen LogP contribution in [-0.2, 0) is 20.0 Å². The van der Waals surface area contributed by atoms with E-state index >= 15 is 0 Å². The fourth-order valence-electron chi connectivity index (χ4n) is 3.40. The lowest BCUT2D eigenvalue weighted by Crippen LogP contribution is -2.08. The van der Waals surface area contributed by atoms with Crippen LogP contribution in [0.15, 0.2) is 52.9 Å². The van der Waals surface area contributed by atoms with Crippen molar-refractivity contribution >= 4 is 27.6 Å². The zero-order valence-electron chi connectivity index (χ0n) is 16.1. The normalized spacial score (nSPS) is 11.4. The van der Waals surface area contributed by atoms with Crippen LogP contribution >= 0.6 is 0 Å². The molecule has 0 unspecified atom stereocenters. The molecule has 0 saturated carbocycles. The zero-order chi connectivity index (χ0) is 19.8. The number of hydrogen-bond acceptors (Lipinski definition) is 7. The van der Waals surface area contributed by atoms with Crippen molar-refractivity contribution in [2.24, 2.45) is 7.05 Å². The Hall–Kier alpha value is -3.81. The first-order valence-electron chi connectivity index (χ1n) is 9.47. The molecule has 0 aliphatic carbocycles. The molecule has 0 saturated heterocycles. The first kappa shape index (κ1) is 17.3. The number of para-hydroxylation sites is 2. The van der Waals surface area contributed by atoms with Crippen molar-refractivity contribution in [2.75, 3.05) is 5.32 Å². The average Bonchev–Trinajstić information content (AvgIpc) is 3.37. The number of aromatic nitrogens is 6. The highest BCUT2D eigenvalue weighted by molar-refractivity contribution is 5.98. The smallest absolute Gasteiger partial charge is 0.268 e. The number of aryl methyl sites for hydroxylation is 2. The number of anilines is 1. The van der Waals surface area contributed by atoms with Crippen LogP contribution in [0, 0.1) is 0 Å². The number of benzene rings is 2. The molecule has 0 atom stereocenters. The molecule has 3 heterocycles. The molecule has 0 spiro atoms. The Morgan fingerprint density at radius 3 is 2.52 bits per heavy atom. The highest BCUT2D eigenvalue weighted by atomic mass is 16.4. The van der Waals surface area contributed by atoms with Crippen LogP contribution in [0.5, 0.6) is 0 Å². The van der Waals surface area contributed by atoms with E-state index in [0.717, 1.165) is 27.6 Å². The molecular weight excluding hydrogens is 366 g/mol. The lowest BCUT2D eigenvalue weighted by Gasteiger charge is -2.09. The van der Waals surface area contributed by atoms with Crippen LogP contribution in [0.3, 0.4) is 0 Å². The van der Waals surface area contributed by atoms with Gasteiger partial charge < -0.3 is 14.3 Å². The minimum absolute atomic E-state index is 0.382. The van der Waals surface area contributed by atoms with Gasteiger partial charge in [-0.05, 0) is 12.1 Å². The van der Waals surface area contributed by atoms with Crippen molar-refractivity contribution < 1.29 is 4.42 Å². The molecule has 0 amide bonds. The standard InChI is InChI=1S/C21H19N7O/c1-3-18-24-27-21(29-18)19-13-8-4-5-9-14(13)20(26-25-19)22-12-17-23-15-10-6-7-11-16(15)28(17)2/h4-11H,3,12H2,1-2H3,(H,22,26). The summed E-state index contributed by atoms with van der Waals surface area (Å²) in [5.41, 5.74) is 2.65. The van der Waals surface area contributed by atoms with E-state index in [2.05, 4.69) is 36.3 Å². The van der Waals surface area contributed by atoms with Crippen molar-refractivity contribution in [1.82, 2.24) is 29.9 Å². The van der Waals surface area contributed by atoms with Gasteiger partial charge >= 0.3 is 0 Å². The van der Waals surface area contributed by atoms with Gasteiger partial charge in [0.25, 0.3) is 5.89 Å². The number of imidazole rings is 1.